The summed E-state index contributed by atoms with van der Waals surface area (Å²) < 4.78 is 0. The monoisotopic (exact) mass is 186 g/mol. The number of hydrogen-bond acceptors (Lipinski definition) is 0. The maximum atomic E-state index is 3.81. The summed E-state index contributed by atoms with van der Waals surface area (Å²) in [4.78, 5) is 0. The molecule has 0 aromatic rings. The second-order valence-electron chi connectivity index (χ2n) is 1.62. The third-order valence-electron chi connectivity index (χ3n) is 0.947. The molecule has 0 saturated carbocycles. The van der Waals surface area contributed by atoms with Gasteiger partial charge in [-0.05, 0) is 0 Å². The van der Waals surface area contributed by atoms with Gasteiger partial charge < -0.3 is 0 Å². The summed E-state index contributed by atoms with van der Waals surface area (Å²) in [6.45, 7) is 8.05. The molecule has 0 heterocycles. The minimum Gasteiger partial charge on any atom is -0.242 e. The minimum absolute atomic E-state index is 0. The Morgan fingerprint density at radius 2 is 2.00 bits per heavy atom. The van der Waals surface area contributed by atoms with Crippen molar-refractivity contribution in [2.45, 2.75) is 26.7 Å². The Hall–Kier alpha value is 0.714. The Morgan fingerprint density at radius 3 is 2.12 bits per heavy atom. The molecular weight excluding hydrogens is 173 g/mol. The van der Waals surface area contributed by atoms with Crippen molar-refractivity contribution in [3.8, 4) is 0 Å². The molecule has 0 aromatic heterocycles. The smallest absolute Gasteiger partial charge is 0 e. The van der Waals surface area contributed by atoms with Crippen LogP contribution in [0.1, 0.15) is 26.7 Å². The average molecular weight is 186 g/mol. The molecule has 0 N–H and O–H groups in total. The molecule has 1 heteroatoms. The van der Waals surface area contributed by atoms with Crippen molar-refractivity contribution < 1.29 is 32.7 Å². The molecule has 0 rings (SSSR count). The van der Waals surface area contributed by atoms with Crippen LogP contribution in [0, 0.1) is 6.42 Å². The van der Waals surface area contributed by atoms with Gasteiger partial charge in [0.15, 0.2) is 0 Å². The van der Waals surface area contributed by atoms with E-state index >= 15 is 0 Å². The predicted molar refractivity (Wildman–Crippen MR) is 34.0 cm³/mol. The first-order valence-electron chi connectivity index (χ1n) is 2.82. The maximum Gasteiger partial charge on any atom is 0 e. The van der Waals surface area contributed by atoms with Crippen LogP contribution >= 0.6 is 0 Å². The topological polar surface area (TPSA) is 0 Å². The predicted octanol–water partition coefficient (Wildman–Crippen LogP) is 2.56. The van der Waals surface area contributed by atoms with Crippen LogP contribution in [-0.4, -0.2) is 0 Å². The van der Waals surface area contributed by atoms with Crippen LogP contribution in [0.15, 0.2) is 12.2 Å². The minimum atomic E-state index is 0. The molecule has 0 saturated heterocycles. The van der Waals surface area contributed by atoms with Crippen molar-refractivity contribution in [1.82, 2.24) is 0 Å². The van der Waals surface area contributed by atoms with Gasteiger partial charge in [0.25, 0.3) is 0 Å². The molecule has 0 aliphatic rings. The molecule has 0 aliphatic heterocycles. The SMILES string of the molecule is C=C([CH-]CC)CC.[Y]. The molecule has 0 bridgehead atoms. The average Bonchev–Trinajstić information content (AvgIpc) is 1.68. The second-order valence-corrected chi connectivity index (χ2v) is 1.62. The molecule has 45 valence electrons. The van der Waals surface area contributed by atoms with E-state index in [-0.39, 0.29) is 32.7 Å². The molecule has 0 amide bonds. The Labute approximate surface area is 77.6 Å². The van der Waals surface area contributed by atoms with E-state index in [0.717, 1.165) is 12.8 Å². The van der Waals surface area contributed by atoms with Gasteiger partial charge in [0.05, 0.1) is 0 Å². The number of hydrogen-bond donors (Lipinski definition) is 0. The summed E-state index contributed by atoms with van der Waals surface area (Å²) in [7, 11) is 0. The van der Waals surface area contributed by atoms with E-state index < -0.39 is 0 Å². The van der Waals surface area contributed by atoms with Gasteiger partial charge in [-0.15, -0.1) is 6.42 Å². The van der Waals surface area contributed by atoms with Crippen molar-refractivity contribution in [2.24, 2.45) is 0 Å². The first-order chi connectivity index (χ1) is 3.31. The zero-order valence-electron chi connectivity index (χ0n) is 5.78. The van der Waals surface area contributed by atoms with Crippen LogP contribution in [0.5, 0.6) is 0 Å². The summed E-state index contributed by atoms with van der Waals surface area (Å²) in [6, 6.07) is 0. The van der Waals surface area contributed by atoms with Crippen LogP contribution in [0.2, 0.25) is 0 Å². The van der Waals surface area contributed by atoms with Gasteiger partial charge >= 0.3 is 0 Å². The van der Waals surface area contributed by atoms with Gasteiger partial charge in [0.2, 0.25) is 0 Å². The molecular formula is C7H13Y-. The fraction of sp³-hybridized carbons (Fsp3) is 0.571. The van der Waals surface area contributed by atoms with Crippen molar-refractivity contribution in [2.75, 3.05) is 0 Å². The van der Waals surface area contributed by atoms with E-state index in [1.165, 1.54) is 5.57 Å². The van der Waals surface area contributed by atoms with Gasteiger partial charge in [0.1, 0.15) is 0 Å². The van der Waals surface area contributed by atoms with E-state index in [9.17, 15) is 0 Å². The van der Waals surface area contributed by atoms with Crippen LogP contribution in [0.3, 0.4) is 0 Å². The molecule has 1 radical (unpaired) electrons. The van der Waals surface area contributed by atoms with Crippen molar-refractivity contribution in [3.05, 3.63) is 18.6 Å². The molecule has 8 heavy (non-hydrogen) atoms. The maximum absolute atomic E-state index is 3.81. The van der Waals surface area contributed by atoms with E-state index in [2.05, 4.69) is 26.8 Å². The third kappa shape index (κ3) is 6.71. The summed E-state index contributed by atoms with van der Waals surface area (Å²) in [5, 5.41) is 0. The van der Waals surface area contributed by atoms with E-state index in [1.54, 1.807) is 0 Å². The fourth-order valence-electron chi connectivity index (χ4n) is 0.433. The number of allylic oxidation sites excluding steroid dienone is 1. The zero-order chi connectivity index (χ0) is 5.70. The van der Waals surface area contributed by atoms with Crippen LogP contribution in [0.4, 0.5) is 0 Å². The van der Waals surface area contributed by atoms with E-state index in [0.29, 0.717) is 0 Å². The van der Waals surface area contributed by atoms with E-state index in [1.807, 2.05) is 0 Å². The number of rotatable bonds is 3. The summed E-state index contributed by atoms with van der Waals surface area (Å²) in [5.74, 6) is 0. The normalized spacial score (nSPS) is 7.25. The Balaban J connectivity index is 0. The molecule has 0 nitrogen and oxygen atoms in total. The van der Waals surface area contributed by atoms with Gasteiger partial charge in [-0.3, -0.25) is 0 Å². The molecule has 0 fully saturated rings. The first-order valence-corrected chi connectivity index (χ1v) is 2.82. The van der Waals surface area contributed by atoms with Crippen LogP contribution < -0.4 is 0 Å². The second kappa shape index (κ2) is 7.71. The quantitative estimate of drug-likeness (QED) is 0.594. The van der Waals surface area contributed by atoms with Crippen LogP contribution in [0.25, 0.3) is 0 Å². The van der Waals surface area contributed by atoms with Gasteiger partial charge in [-0.25, -0.2) is 18.6 Å². The van der Waals surface area contributed by atoms with Gasteiger partial charge in [-0.2, -0.15) is 0 Å². The largest absolute Gasteiger partial charge is 0.242 e. The zero-order valence-corrected chi connectivity index (χ0v) is 8.61. The summed E-state index contributed by atoms with van der Waals surface area (Å²) in [6.07, 6.45) is 4.36. The molecule has 0 unspecified atom stereocenters. The van der Waals surface area contributed by atoms with Crippen molar-refractivity contribution in [1.29, 1.82) is 0 Å². The van der Waals surface area contributed by atoms with Crippen LogP contribution in [-0.2, 0) is 32.7 Å². The molecule has 0 aliphatic carbocycles. The van der Waals surface area contributed by atoms with Gasteiger partial charge in [0, 0.05) is 32.7 Å². The third-order valence-corrected chi connectivity index (χ3v) is 0.947. The molecule has 0 atom stereocenters. The summed E-state index contributed by atoms with van der Waals surface area (Å²) >= 11 is 0. The summed E-state index contributed by atoms with van der Waals surface area (Å²) in [5.41, 5.74) is 1.25. The fourth-order valence-corrected chi connectivity index (χ4v) is 0.433. The molecule has 0 spiro atoms. The Morgan fingerprint density at radius 1 is 1.50 bits per heavy atom. The Kier molecular flexibility index (Phi) is 11.1. The standard InChI is InChI=1S/C7H13.Y/c1-4-6-7(3)5-2;/h6H,3-5H2,1-2H3;/q-1;. The van der Waals surface area contributed by atoms with Crippen molar-refractivity contribution in [3.63, 3.8) is 0 Å². The molecule has 0 aromatic carbocycles. The van der Waals surface area contributed by atoms with E-state index in [4.69, 9.17) is 0 Å². The Bertz CT molecular complexity index is 57.4. The van der Waals surface area contributed by atoms with Gasteiger partial charge in [-0.1, -0.05) is 20.3 Å². The first kappa shape index (κ1) is 11.5. The van der Waals surface area contributed by atoms with Crippen molar-refractivity contribution >= 4 is 0 Å².